The fourth-order valence-corrected chi connectivity index (χ4v) is 3.48. The van der Waals surface area contributed by atoms with Gasteiger partial charge in [0.2, 0.25) is 0 Å². The summed E-state index contributed by atoms with van der Waals surface area (Å²) in [7, 11) is 1.50. The molecule has 0 spiro atoms. The molecule has 0 unspecified atom stereocenters. The molecule has 0 aliphatic heterocycles. The standard InChI is InChI=1S/C18H20N2O5S/c1-24-15-7-12(3-4-14(15)25-9-13-10-26-11-19-13)17(23)20-18(5-2-6-18)8-16(21)22/h3-4,7,10-11H,2,5-6,8-9H2,1H3,(H,20,23)(H,21,22). The summed E-state index contributed by atoms with van der Waals surface area (Å²) in [6, 6.07) is 4.91. The average Bonchev–Trinajstić information content (AvgIpc) is 3.10. The van der Waals surface area contributed by atoms with Crippen LogP contribution in [0, 0.1) is 0 Å². The van der Waals surface area contributed by atoms with Crippen molar-refractivity contribution >= 4 is 23.2 Å². The maximum absolute atomic E-state index is 12.5. The summed E-state index contributed by atoms with van der Waals surface area (Å²) in [4.78, 5) is 27.8. The van der Waals surface area contributed by atoms with E-state index in [1.807, 2.05) is 5.38 Å². The molecule has 1 aromatic carbocycles. The van der Waals surface area contributed by atoms with Gasteiger partial charge < -0.3 is 19.9 Å². The van der Waals surface area contributed by atoms with E-state index in [0.717, 1.165) is 12.1 Å². The number of thiazole rings is 1. The first-order valence-corrected chi connectivity index (χ1v) is 9.18. The minimum atomic E-state index is -0.909. The fraction of sp³-hybridized carbons (Fsp3) is 0.389. The molecule has 3 rings (SSSR count). The Balaban J connectivity index is 1.69. The van der Waals surface area contributed by atoms with Crippen LogP contribution in [0.5, 0.6) is 11.5 Å². The van der Waals surface area contributed by atoms with E-state index in [1.165, 1.54) is 18.4 Å². The van der Waals surface area contributed by atoms with Gasteiger partial charge in [-0.25, -0.2) is 4.98 Å². The van der Waals surface area contributed by atoms with Crippen LogP contribution >= 0.6 is 11.3 Å². The van der Waals surface area contributed by atoms with Gasteiger partial charge in [-0.15, -0.1) is 11.3 Å². The highest BCUT2D eigenvalue weighted by Gasteiger charge is 2.40. The van der Waals surface area contributed by atoms with E-state index in [4.69, 9.17) is 14.6 Å². The Kier molecular flexibility index (Phi) is 5.41. The van der Waals surface area contributed by atoms with Crippen LogP contribution in [0.4, 0.5) is 0 Å². The predicted molar refractivity (Wildman–Crippen MR) is 95.7 cm³/mol. The Morgan fingerprint density at radius 1 is 1.35 bits per heavy atom. The summed E-state index contributed by atoms with van der Waals surface area (Å²) >= 11 is 1.49. The van der Waals surface area contributed by atoms with Crippen molar-refractivity contribution in [3.8, 4) is 11.5 Å². The molecule has 1 amide bonds. The van der Waals surface area contributed by atoms with E-state index in [9.17, 15) is 9.59 Å². The van der Waals surface area contributed by atoms with E-state index in [0.29, 0.717) is 36.5 Å². The number of amides is 1. The number of rotatable bonds is 8. The highest BCUT2D eigenvalue weighted by Crippen LogP contribution is 2.36. The molecule has 1 aromatic heterocycles. The second kappa shape index (κ2) is 7.74. The molecule has 0 bridgehead atoms. The van der Waals surface area contributed by atoms with Gasteiger partial charge in [0.05, 0.1) is 30.3 Å². The number of methoxy groups -OCH3 is 1. The third kappa shape index (κ3) is 4.13. The Hall–Kier alpha value is -2.61. The minimum Gasteiger partial charge on any atom is -0.493 e. The molecule has 2 aromatic rings. The first-order chi connectivity index (χ1) is 12.5. The number of nitrogens with zero attached hydrogens (tertiary/aromatic N) is 1. The van der Waals surface area contributed by atoms with E-state index in [2.05, 4.69) is 10.3 Å². The van der Waals surface area contributed by atoms with E-state index in [1.54, 1.807) is 23.7 Å². The number of carboxylic acid groups (broad SMARTS) is 1. The van der Waals surface area contributed by atoms with Gasteiger partial charge >= 0.3 is 5.97 Å². The highest BCUT2D eigenvalue weighted by atomic mass is 32.1. The summed E-state index contributed by atoms with van der Waals surface area (Å²) in [6.07, 6.45) is 2.21. The lowest BCUT2D eigenvalue weighted by Gasteiger charge is -2.41. The first-order valence-electron chi connectivity index (χ1n) is 8.23. The Morgan fingerprint density at radius 2 is 2.15 bits per heavy atom. The smallest absolute Gasteiger partial charge is 0.305 e. The topological polar surface area (TPSA) is 97.8 Å². The van der Waals surface area contributed by atoms with E-state index >= 15 is 0 Å². The SMILES string of the molecule is COc1cc(C(=O)NC2(CC(=O)O)CCC2)ccc1OCc1cscn1. The molecular weight excluding hydrogens is 356 g/mol. The zero-order valence-electron chi connectivity index (χ0n) is 14.4. The molecule has 0 radical (unpaired) electrons. The average molecular weight is 376 g/mol. The zero-order chi connectivity index (χ0) is 18.6. The molecule has 26 heavy (non-hydrogen) atoms. The molecule has 1 saturated carbocycles. The van der Waals surface area contributed by atoms with Gasteiger partial charge in [0.15, 0.2) is 11.5 Å². The van der Waals surface area contributed by atoms with Crippen molar-refractivity contribution in [1.29, 1.82) is 0 Å². The van der Waals surface area contributed by atoms with Gasteiger partial charge in [-0.05, 0) is 37.5 Å². The molecule has 1 fully saturated rings. The van der Waals surface area contributed by atoms with Crippen LogP contribution in [0.1, 0.15) is 41.7 Å². The van der Waals surface area contributed by atoms with Crippen molar-refractivity contribution < 1.29 is 24.2 Å². The number of aliphatic carboxylic acids is 1. The Morgan fingerprint density at radius 3 is 2.73 bits per heavy atom. The number of hydrogen-bond donors (Lipinski definition) is 2. The predicted octanol–water partition coefficient (Wildman–Crippen LogP) is 2.86. The van der Waals surface area contributed by atoms with Crippen LogP contribution < -0.4 is 14.8 Å². The number of carboxylic acids is 1. The molecule has 2 N–H and O–H groups in total. The summed E-state index contributed by atoms with van der Waals surface area (Å²) in [5.41, 5.74) is 2.31. The summed E-state index contributed by atoms with van der Waals surface area (Å²) < 4.78 is 11.0. The third-order valence-corrected chi connectivity index (χ3v) is 5.10. The molecule has 1 aliphatic carbocycles. The minimum absolute atomic E-state index is 0.0648. The molecule has 8 heteroatoms. The number of hydrogen-bond acceptors (Lipinski definition) is 6. The van der Waals surface area contributed by atoms with Crippen LogP contribution in [0.3, 0.4) is 0 Å². The lowest BCUT2D eigenvalue weighted by molar-refractivity contribution is -0.139. The normalized spacial score (nSPS) is 15.0. The van der Waals surface area contributed by atoms with Gasteiger partial charge in [0.25, 0.3) is 5.91 Å². The van der Waals surface area contributed by atoms with Crippen molar-refractivity contribution in [2.45, 2.75) is 37.8 Å². The van der Waals surface area contributed by atoms with Crippen LogP contribution in [-0.2, 0) is 11.4 Å². The maximum Gasteiger partial charge on any atom is 0.305 e. The van der Waals surface area contributed by atoms with Crippen LogP contribution in [0.25, 0.3) is 0 Å². The monoisotopic (exact) mass is 376 g/mol. The van der Waals surface area contributed by atoms with Gasteiger partial charge in [0, 0.05) is 10.9 Å². The number of nitrogens with one attached hydrogen (secondary N) is 1. The van der Waals surface area contributed by atoms with Gasteiger partial charge in [-0.3, -0.25) is 9.59 Å². The number of carbonyl (C=O) groups is 2. The van der Waals surface area contributed by atoms with Crippen molar-refractivity contribution in [1.82, 2.24) is 10.3 Å². The molecule has 0 saturated heterocycles. The van der Waals surface area contributed by atoms with E-state index < -0.39 is 11.5 Å². The second-order valence-electron chi connectivity index (χ2n) is 6.29. The fourth-order valence-electron chi connectivity index (χ4n) is 2.94. The van der Waals surface area contributed by atoms with Crippen LogP contribution in [0.2, 0.25) is 0 Å². The lowest BCUT2D eigenvalue weighted by atomic mass is 9.74. The van der Waals surface area contributed by atoms with E-state index in [-0.39, 0.29) is 12.3 Å². The quantitative estimate of drug-likeness (QED) is 0.735. The molecular formula is C18H20N2O5S. The largest absolute Gasteiger partial charge is 0.493 e. The number of benzene rings is 1. The van der Waals surface area contributed by atoms with Crippen LogP contribution in [-0.4, -0.2) is 34.6 Å². The molecule has 1 aliphatic rings. The van der Waals surface area contributed by atoms with Crippen molar-refractivity contribution in [2.75, 3.05) is 7.11 Å². The van der Waals surface area contributed by atoms with Crippen LogP contribution in [0.15, 0.2) is 29.1 Å². The molecule has 0 atom stereocenters. The maximum atomic E-state index is 12.5. The van der Waals surface area contributed by atoms with Crippen molar-refractivity contribution in [3.05, 3.63) is 40.3 Å². The zero-order valence-corrected chi connectivity index (χ0v) is 15.2. The van der Waals surface area contributed by atoms with Gasteiger partial charge in [-0.1, -0.05) is 0 Å². The summed E-state index contributed by atoms with van der Waals surface area (Å²) in [5, 5.41) is 13.8. The number of ether oxygens (including phenoxy) is 2. The van der Waals surface area contributed by atoms with Crippen molar-refractivity contribution in [3.63, 3.8) is 0 Å². The number of aromatic nitrogens is 1. The second-order valence-corrected chi connectivity index (χ2v) is 7.01. The molecule has 138 valence electrons. The Bertz CT molecular complexity index is 787. The van der Waals surface area contributed by atoms with Gasteiger partial charge in [0.1, 0.15) is 6.61 Å². The Labute approximate surface area is 155 Å². The third-order valence-electron chi connectivity index (χ3n) is 4.46. The number of carbonyl (C=O) groups excluding carboxylic acids is 1. The highest BCUT2D eigenvalue weighted by molar-refractivity contribution is 7.07. The molecule has 7 nitrogen and oxygen atoms in total. The first kappa shape index (κ1) is 18.2. The van der Waals surface area contributed by atoms with Gasteiger partial charge in [-0.2, -0.15) is 0 Å². The van der Waals surface area contributed by atoms with Crippen molar-refractivity contribution in [2.24, 2.45) is 0 Å². The lowest BCUT2D eigenvalue weighted by Crippen LogP contribution is -2.54. The molecule has 1 heterocycles. The summed E-state index contributed by atoms with van der Waals surface area (Å²) in [5.74, 6) is -0.265. The summed E-state index contributed by atoms with van der Waals surface area (Å²) in [6.45, 7) is 0.313.